The smallest absolute Gasteiger partial charge is 0.410 e. The summed E-state index contributed by atoms with van der Waals surface area (Å²) >= 11 is 0. The van der Waals surface area contributed by atoms with Crippen LogP contribution in [0, 0.1) is 5.92 Å². The van der Waals surface area contributed by atoms with E-state index in [4.69, 9.17) is 9.84 Å². The van der Waals surface area contributed by atoms with E-state index in [9.17, 15) is 9.59 Å². The summed E-state index contributed by atoms with van der Waals surface area (Å²) in [6, 6.07) is 0.140. The molecule has 1 aliphatic rings. The minimum Gasteiger partial charge on any atom is -0.481 e. The lowest BCUT2D eigenvalue weighted by Crippen LogP contribution is -2.49. The Morgan fingerprint density at radius 2 is 1.94 bits per heavy atom. The highest BCUT2D eigenvalue weighted by Gasteiger charge is 2.33. The van der Waals surface area contributed by atoms with E-state index >= 15 is 0 Å². The van der Waals surface area contributed by atoms with E-state index in [2.05, 4.69) is 0 Å². The molecule has 0 aromatic carbocycles. The summed E-state index contributed by atoms with van der Waals surface area (Å²) in [5, 5.41) is 8.94. The molecule has 5 heteroatoms. The Kier molecular flexibility index (Phi) is 4.59. The van der Waals surface area contributed by atoms with Crippen LogP contribution < -0.4 is 0 Å². The van der Waals surface area contributed by atoms with Gasteiger partial charge in [-0.15, -0.1) is 0 Å². The molecule has 1 rings (SSSR count). The number of hydrogen-bond acceptors (Lipinski definition) is 3. The summed E-state index contributed by atoms with van der Waals surface area (Å²) in [6.07, 6.45) is 2.56. The molecule has 1 fully saturated rings. The first-order valence-corrected chi connectivity index (χ1v) is 6.43. The lowest BCUT2D eigenvalue weighted by atomic mass is 9.91. The van der Waals surface area contributed by atoms with Crippen molar-refractivity contribution in [1.29, 1.82) is 0 Å². The van der Waals surface area contributed by atoms with Gasteiger partial charge in [-0.05, 0) is 40.0 Å². The number of carboxylic acids is 1. The number of amides is 1. The van der Waals surface area contributed by atoms with Crippen LogP contribution in [0.5, 0.6) is 0 Å². The molecule has 0 spiro atoms. The van der Waals surface area contributed by atoms with Gasteiger partial charge in [0.05, 0.1) is 5.92 Å². The van der Waals surface area contributed by atoms with Crippen molar-refractivity contribution in [2.45, 2.75) is 58.6 Å². The highest BCUT2D eigenvalue weighted by molar-refractivity contribution is 5.72. The zero-order valence-electron chi connectivity index (χ0n) is 11.6. The molecule has 1 saturated carbocycles. The summed E-state index contributed by atoms with van der Waals surface area (Å²) in [5.74, 6) is -1.46. The topological polar surface area (TPSA) is 66.8 Å². The van der Waals surface area contributed by atoms with Crippen LogP contribution in [0.4, 0.5) is 4.79 Å². The maximum absolute atomic E-state index is 12.1. The Labute approximate surface area is 108 Å². The molecule has 0 radical (unpaired) electrons. The average Bonchev–Trinajstić information content (AvgIpc) is 2.10. The lowest BCUT2D eigenvalue weighted by Gasteiger charge is -2.39. The van der Waals surface area contributed by atoms with Gasteiger partial charge in [0.15, 0.2) is 0 Å². The van der Waals surface area contributed by atoms with Gasteiger partial charge in [-0.2, -0.15) is 0 Å². The largest absolute Gasteiger partial charge is 0.481 e. The van der Waals surface area contributed by atoms with Crippen molar-refractivity contribution < 1.29 is 19.4 Å². The van der Waals surface area contributed by atoms with Gasteiger partial charge >= 0.3 is 12.1 Å². The molecule has 0 saturated heterocycles. The third-order valence-electron chi connectivity index (χ3n) is 3.04. The molecule has 0 aromatic heterocycles. The van der Waals surface area contributed by atoms with Crippen molar-refractivity contribution in [1.82, 2.24) is 4.90 Å². The van der Waals surface area contributed by atoms with Crippen molar-refractivity contribution in [3.63, 3.8) is 0 Å². The van der Waals surface area contributed by atoms with E-state index in [1.54, 1.807) is 11.8 Å². The van der Waals surface area contributed by atoms with Gasteiger partial charge in [-0.1, -0.05) is 6.92 Å². The van der Waals surface area contributed by atoms with E-state index in [0.29, 0.717) is 0 Å². The summed E-state index contributed by atoms with van der Waals surface area (Å²) in [6.45, 7) is 7.26. The number of carboxylic acid groups (broad SMARTS) is 1. The Hall–Kier alpha value is -1.26. The van der Waals surface area contributed by atoms with Crippen molar-refractivity contribution in [3.8, 4) is 0 Å². The van der Waals surface area contributed by atoms with Crippen molar-refractivity contribution >= 4 is 12.1 Å². The maximum Gasteiger partial charge on any atom is 0.410 e. The predicted octanol–water partition coefficient (Wildman–Crippen LogP) is 2.50. The molecule has 18 heavy (non-hydrogen) atoms. The van der Waals surface area contributed by atoms with Gasteiger partial charge in [0.1, 0.15) is 5.60 Å². The van der Waals surface area contributed by atoms with E-state index in [1.165, 1.54) is 0 Å². The zero-order chi connectivity index (χ0) is 13.9. The van der Waals surface area contributed by atoms with Crippen LogP contribution in [0.3, 0.4) is 0 Å². The Morgan fingerprint density at radius 3 is 2.28 bits per heavy atom. The van der Waals surface area contributed by atoms with E-state index in [0.717, 1.165) is 19.3 Å². The fourth-order valence-electron chi connectivity index (χ4n) is 1.76. The van der Waals surface area contributed by atoms with Gasteiger partial charge < -0.3 is 14.7 Å². The number of aliphatic carboxylic acids is 1. The number of nitrogens with zero attached hydrogens (tertiary/aromatic N) is 1. The van der Waals surface area contributed by atoms with Crippen LogP contribution >= 0.6 is 0 Å². The molecule has 5 nitrogen and oxygen atoms in total. The Bertz CT molecular complexity index is 317. The third-order valence-corrected chi connectivity index (χ3v) is 3.04. The molecule has 104 valence electrons. The van der Waals surface area contributed by atoms with Gasteiger partial charge in [-0.25, -0.2) is 4.79 Å². The van der Waals surface area contributed by atoms with Crippen molar-refractivity contribution in [2.75, 3.05) is 6.54 Å². The van der Waals surface area contributed by atoms with Crippen molar-refractivity contribution in [2.24, 2.45) is 5.92 Å². The van der Waals surface area contributed by atoms with Crippen LogP contribution in [-0.2, 0) is 9.53 Å². The summed E-state index contributed by atoms with van der Waals surface area (Å²) < 4.78 is 5.33. The standard InChI is InChI=1S/C13H23NO4/c1-9(11(15)16)8-14(10-6-5-7-10)12(17)18-13(2,3)4/h9-10H,5-8H2,1-4H3,(H,15,16). The Morgan fingerprint density at radius 1 is 1.39 bits per heavy atom. The van der Waals surface area contributed by atoms with Crippen LogP contribution in [-0.4, -0.2) is 40.3 Å². The second kappa shape index (κ2) is 5.59. The normalized spacial score (nSPS) is 17.8. The lowest BCUT2D eigenvalue weighted by molar-refractivity contribution is -0.141. The highest BCUT2D eigenvalue weighted by Crippen LogP contribution is 2.27. The number of rotatable bonds is 4. The van der Waals surface area contributed by atoms with Crippen LogP contribution in [0.25, 0.3) is 0 Å². The van der Waals surface area contributed by atoms with E-state index in [1.807, 2.05) is 20.8 Å². The molecular weight excluding hydrogens is 234 g/mol. The molecule has 1 aliphatic carbocycles. The molecule has 1 N–H and O–H groups in total. The van der Waals surface area contributed by atoms with Gasteiger partial charge in [-0.3, -0.25) is 4.79 Å². The van der Waals surface area contributed by atoms with E-state index < -0.39 is 23.6 Å². The van der Waals surface area contributed by atoms with Crippen LogP contribution in [0.2, 0.25) is 0 Å². The fourth-order valence-corrected chi connectivity index (χ4v) is 1.76. The fraction of sp³-hybridized carbons (Fsp3) is 0.846. The molecule has 0 aliphatic heterocycles. The molecule has 0 aromatic rings. The summed E-state index contributed by atoms with van der Waals surface area (Å²) in [7, 11) is 0. The van der Waals surface area contributed by atoms with Gasteiger partial charge in [0, 0.05) is 12.6 Å². The first kappa shape index (κ1) is 14.8. The molecule has 1 atom stereocenters. The van der Waals surface area contributed by atoms with Crippen LogP contribution in [0.1, 0.15) is 47.0 Å². The first-order valence-electron chi connectivity index (χ1n) is 6.43. The van der Waals surface area contributed by atoms with Crippen molar-refractivity contribution in [3.05, 3.63) is 0 Å². The van der Waals surface area contributed by atoms with Gasteiger partial charge in [0.25, 0.3) is 0 Å². The predicted molar refractivity (Wildman–Crippen MR) is 67.4 cm³/mol. The molecule has 1 unspecified atom stereocenters. The number of carbonyl (C=O) groups excluding carboxylic acids is 1. The quantitative estimate of drug-likeness (QED) is 0.840. The monoisotopic (exact) mass is 257 g/mol. The van der Waals surface area contributed by atoms with Gasteiger partial charge in [0.2, 0.25) is 0 Å². The maximum atomic E-state index is 12.1. The third kappa shape index (κ3) is 4.20. The number of ether oxygens (including phenoxy) is 1. The molecule has 0 bridgehead atoms. The Balaban J connectivity index is 2.66. The molecule has 0 heterocycles. The molecular formula is C13H23NO4. The first-order chi connectivity index (χ1) is 8.20. The zero-order valence-corrected chi connectivity index (χ0v) is 11.6. The van der Waals surface area contributed by atoms with E-state index in [-0.39, 0.29) is 12.6 Å². The summed E-state index contributed by atoms with van der Waals surface area (Å²) in [5.41, 5.74) is -0.550. The van der Waals surface area contributed by atoms with Crippen LogP contribution in [0.15, 0.2) is 0 Å². The highest BCUT2D eigenvalue weighted by atomic mass is 16.6. The molecule has 1 amide bonds. The summed E-state index contributed by atoms with van der Waals surface area (Å²) in [4.78, 5) is 24.5. The average molecular weight is 257 g/mol. The number of hydrogen-bond donors (Lipinski definition) is 1. The second-order valence-corrected chi connectivity index (χ2v) is 5.96. The number of carbonyl (C=O) groups is 2. The second-order valence-electron chi connectivity index (χ2n) is 5.96. The minimum absolute atomic E-state index is 0.140. The minimum atomic E-state index is -0.886. The SMILES string of the molecule is CC(CN(C(=O)OC(C)(C)C)C1CCC1)C(=O)O.